The van der Waals surface area contributed by atoms with E-state index in [2.05, 4.69) is 52.5 Å². The summed E-state index contributed by atoms with van der Waals surface area (Å²) >= 11 is 0. The van der Waals surface area contributed by atoms with Gasteiger partial charge in [-0.15, -0.1) is 0 Å². The molecule has 136 valence electrons. The molecular formula is C20H26N6. The molecule has 3 heterocycles. The fourth-order valence-corrected chi connectivity index (χ4v) is 3.67. The summed E-state index contributed by atoms with van der Waals surface area (Å²) in [5, 5.41) is 16.4. The number of fused-ring (bicyclic) bond motifs is 1. The molecule has 1 aliphatic heterocycles. The SMILES string of the molecule is Cc1cc2n(n1)CC(CNCc1c(C)nn(-c3ccccc3)c1C)CN2. The topological polar surface area (TPSA) is 59.7 Å². The summed E-state index contributed by atoms with van der Waals surface area (Å²) in [6, 6.07) is 12.4. The molecule has 0 fully saturated rings. The summed E-state index contributed by atoms with van der Waals surface area (Å²) < 4.78 is 4.11. The van der Waals surface area contributed by atoms with Crippen LogP contribution in [0.3, 0.4) is 0 Å². The first-order chi connectivity index (χ1) is 12.6. The summed E-state index contributed by atoms with van der Waals surface area (Å²) in [4.78, 5) is 0. The number of hydrogen-bond donors (Lipinski definition) is 2. The van der Waals surface area contributed by atoms with Gasteiger partial charge in [0, 0.05) is 49.4 Å². The fourth-order valence-electron chi connectivity index (χ4n) is 3.67. The van der Waals surface area contributed by atoms with Crippen molar-refractivity contribution in [2.75, 3.05) is 18.4 Å². The Morgan fingerprint density at radius 1 is 1.15 bits per heavy atom. The number of aromatic nitrogens is 4. The molecular weight excluding hydrogens is 324 g/mol. The van der Waals surface area contributed by atoms with Crippen LogP contribution in [0, 0.1) is 26.7 Å². The Morgan fingerprint density at radius 3 is 2.77 bits per heavy atom. The van der Waals surface area contributed by atoms with Crippen molar-refractivity contribution in [1.29, 1.82) is 0 Å². The quantitative estimate of drug-likeness (QED) is 0.743. The highest BCUT2D eigenvalue weighted by Crippen LogP contribution is 2.19. The maximum Gasteiger partial charge on any atom is 0.124 e. The van der Waals surface area contributed by atoms with Crippen LogP contribution in [0.4, 0.5) is 5.82 Å². The van der Waals surface area contributed by atoms with Crippen molar-refractivity contribution >= 4 is 5.82 Å². The molecule has 6 nitrogen and oxygen atoms in total. The highest BCUT2D eigenvalue weighted by molar-refractivity contribution is 5.38. The molecule has 0 spiro atoms. The number of hydrogen-bond acceptors (Lipinski definition) is 4. The van der Waals surface area contributed by atoms with Gasteiger partial charge < -0.3 is 10.6 Å². The van der Waals surface area contributed by atoms with Crippen LogP contribution >= 0.6 is 0 Å². The maximum absolute atomic E-state index is 4.73. The van der Waals surface area contributed by atoms with E-state index in [0.717, 1.165) is 49.1 Å². The molecule has 2 aromatic heterocycles. The van der Waals surface area contributed by atoms with Crippen molar-refractivity contribution in [3.8, 4) is 5.69 Å². The molecule has 0 aliphatic carbocycles. The Hall–Kier alpha value is -2.60. The van der Waals surface area contributed by atoms with Gasteiger partial charge in [0.25, 0.3) is 0 Å². The van der Waals surface area contributed by atoms with Gasteiger partial charge in [0.1, 0.15) is 5.82 Å². The Kier molecular flexibility index (Phi) is 4.51. The van der Waals surface area contributed by atoms with Crippen LogP contribution in [0.15, 0.2) is 36.4 Å². The van der Waals surface area contributed by atoms with E-state index in [-0.39, 0.29) is 0 Å². The lowest BCUT2D eigenvalue weighted by molar-refractivity contribution is 0.390. The monoisotopic (exact) mass is 350 g/mol. The van der Waals surface area contributed by atoms with Crippen molar-refractivity contribution in [3.05, 3.63) is 59.0 Å². The molecule has 1 unspecified atom stereocenters. The standard InChI is InChI=1S/C20H26N6/c1-14-9-20-22-11-17(13-25(20)23-14)10-21-12-19-15(2)24-26(16(19)3)18-7-5-4-6-8-18/h4-9,17,21-22H,10-13H2,1-3H3. The minimum Gasteiger partial charge on any atom is -0.370 e. The van der Waals surface area contributed by atoms with Gasteiger partial charge in [-0.3, -0.25) is 0 Å². The van der Waals surface area contributed by atoms with E-state index in [0.29, 0.717) is 5.92 Å². The Bertz CT molecular complexity index is 893. The van der Waals surface area contributed by atoms with Crippen molar-refractivity contribution in [2.45, 2.75) is 33.9 Å². The number of nitrogens with one attached hydrogen (secondary N) is 2. The maximum atomic E-state index is 4.73. The van der Waals surface area contributed by atoms with Gasteiger partial charge >= 0.3 is 0 Å². The van der Waals surface area contributed by atoms with Crippen molar-refractivity contribution in [1.82, 2.24) is 24.9 Å². The highest BCUT2D eigenvalue weighted by Gasteiger charge is 2.19. The molecule has 0 amide bonds. The van der Waals surface area contributed by atoms with Crippen LogP contribution in [0.5, 0.6) is 0 Å². The van der Waals surface area contributed by atoms with Gasteiger partial charge in [0.15, 0.2) is 0 Å². The van der Waals surface area contributed by atoms with E-state index in [1.165, 1.54) is 11.3 Å². The normalized spacial score (nSPS) is 16.3. The molecule has 1 aliphatic rings. The first-order valence-electron chi connectivity index (χ1n) is 9.21. The molecule has 0 bridgehead atoms. The average molecular weight is 350 g/mol. The Morgan fingerprint density at radius 2 is 1.96 bits per heavy atom. The summed E-state index contributed by atoms with van der Waals surface area (Å²) in [5.41, 5.74) is 5.75. The number of rotatable bonds is 5. The van der Waals surface area contributed by atoms with Crippen molar-refractivity contribution in [2.24, 2.45) is 5.92 Å². The zero-order valence-electron chi connectivity index (χ0n) is 15.7. The molecule has 0 radical (unpaired) electrons. The molecule has 0 saturated heterocycles. The van der Waals surface area contributed by atoms with Gasteiger partial charge in [0.2, 0.25) is 0 Å². The van der Waals surface area contributed by atoms with E-state index in [1.54, 1.807) is 0 Å². The second-order valence-corrected chi connectivity index (χ2v) is 7.13. The predicted molar refractivity (Wildman–Crippen MR) is 104 cm³/mol. The number of para-hydroxylation sites is 1. The summed E-state index contributed by atoms with van der Waals surface area (Å²) in [6.45, 7) is 10.0. The minimum atomic E-state index is 0.534. The molecule has 6 heteroatoms. The Labute approximate surface area is 154 Å². The van der Waals surface area contributed by atoms with Crippen molar-refractivity contribution in [3.63, 3.8) is 0 Å². The van der Waals surface area contributed by atoms with E-state index in [4.69, 9.17) is 5.10 Å². The number of benzene rings is 1. The molecule has 3 aromatic rings. The van der Waals surface area contributed by atoms with Gasteiger partial charge in [-0.1, -0.05) is 18.2 Å². The molecule has 4 rings (SSSR count). The zero-order valence-corrected chi connectivity index (χ0v) is 15.7. The molecule has 26 heavy (non-hydrogen) atoms. The predicted octanol–water partition coefficient (Wildman–Crippen LogP) is 2.83. The second kappa shape index (κ2) is 6.96. The van der Waals surface area contributed by atoms with Crippen LogP contribution in [0.1, 0.15) is 22.6 Å². The van der Waals surface area contributed by atoms with E-state index >= 15 is 0 Å². The van der Waals surface area contributed by atoms with Crippen LogP contribution in [-0.2, 0) is 13.1 Å². The Balaban J connectivity index is 1.39. The smallest absolute Gasteiger partial charge is 0.124 e. The molecule has 0 saturated carbocycles. The largest absolute Gasteiger partial charge is 0.370 e. The second-order valence-electron chi connectivity index (χ2n) is 7.13. The van der Waals surface area contributed by atoms with Gasteiger partial charge in [-0.05, 0) is 32.9 Å². The van der Waals surface area contributed by atoms with Crippen LogP contribution in [0.2, 0.25) is 0 Å². The molecule has 1 atom stereocenters. The fraction of sp³-hybridized carbons (Fsp3) is 0.400. The van der Waals surface area contributed by atoms with Gasteiger partial charge in [-0.2, -0.15) is 10.2 Å². The first-order valence-corrected chi connectivity index (χ1v) is 9.21. The lowest BCUT2D eigenvalue weighted by Gasteiger charge is -2.25. The number of aryl methyl sites for hydroxylation is 2. The minimum absolute atomic E-state index is 0.534. The van der Waals surface area contributed by atoms with Gasteiger partial charge in [0.05, 0.1) is 17.1 Å². The molecule has 1 aromatic carbocycles. The number of anilines is 1. The van der Waals surface area contributed by atoms with E-state index < -0.39 is 0 Å². The first kappa shape index (κ1) is 16.8. The van der Waals surface area contributed by atoms with Crippen LogP contribution in [-0.4, -0.2) is 32.7 Å². The third-order valence-corrected chi connectivity index (χ3v) is 5.08. The zero-order chi connectivity index (χ0) is 18.1. The van der Waals surface area contributed by atoms with Crippen molar-refractivity contribution < 1.29 is 0 Å². The number of nitrogens with zero attached hydrogens (tertiary/aromatic N) is 4. The third-order valence-electron chi connectivity index (χ3n) is 5.08. The highest BCUT2D eigenvalue weighted by atomic mass is 15.3. The van der Waals surface area contributed by atoms with E-state index in [1.807, 2.05) is 29.8 Å². The van der Waals surface area contributed by atoms with Gasteiger partial charge in [-0.25, -0.2) is 9.36 Å². The summed E-state index contributed by atoms with van der Waals surface area (Å²) in [6.07, 6.45) is 0. The summed E-state index contributed by atoms with van der Waals surface area (Å²) in [7, 11) is 0. The molecule has 2 N–H and O–H groups in total. The summed E-state index contributed by atoms with van der Waals surface area (Å²) in [5.74, 6) is 1.67. The average Bonchev–Trinajstić information content (AvgIpc) is 3.15. The van der Waals surface area contributed by atoms with E-state index in [9.17, 15) is 0 Å². The lowest BCUT2D eigenvalue weighted by atomic mass is 10.1. The lowest BCUT2D eigenvalue weighted by Crippen LogP contribution is -2.35. The third kappa shape index (κ3) is 3.24. The van der Waals surface area contributed by atoms with Crippen LogP contribution < -0.4 is 10.6 Å². The van der Waals surface area contributed by atoms with Crippen LogP contribution in [0.25, 0.3) is 5.69 Å².